The third-order valence-corrected chi connectivity index (χ3v) is 2.48. The van der Waals surface area contributed by atoms with Crippen molar-refractivity contribution in [3.8, 4) is 5.75 Å². The Morgan fingerprint density at radius 2 is 1.75 bits per heavy atom. The van der Waals surface area contributed by atoms with Gasteiger partial charge < -0.3 is 14.8 Å². The second-order valence-electron chi connectivity index (χ2n) is 6.90. The Morgan fingerprint density at radius 3 is 2.25 bits per heavy atom. The minimum Gasteiger partial charge on any atom is -0.490 e. The van der Waals surface area contributed by atoms with Gasteiger partial charge in [-0.1, -0.05) is 0 Å². The molecule has 0 fully saturated rings. The van der Waals surface area contributed by atoms with Crippen LogP contribution in [0.3, 0.4) is 0 Å². The van der Waals surface area contributed by atoms with Gasteiger partial charge in [0.2, 0.25) is 0 Å². The molecule has 0 aromatic carbocycles. The van der Waals surface area contributed by atoms with Crippen LogP contribution >= 0.6 is 0 Å². The van der Waals surface area contributed by atoms with Crippen molar-refractivity contribution in [2.45, 2.75) is 59.2 Å². The fourth-order valence-electron chi connectivity index (χ4n) is 1.46. The van der Waals surface area contributed by atoms with Crippen LogP contribution in [0.2, 0.25) is 0 Å². The summed E-state index contributed by atoms with van der Waals surface area (Å²) in [5.41, 5.74) is 0.990. The van der Waals surface area contributed by atoms with Gasteiger partial charge in [-0.25, -0.2) is 0 Å². The SMILES string of the molecule is CC(C)(C)NCc1ccc(OCCOC(C)(C)C)cn1. The molecule has 1 heterocycles. The van der Waals surface area contributed by atoms with Gasteiger partial charge in [0.05, 0.1) is 24.1 Å². The van der Waals surface area contributed by atoms with E-state index in [2.05, 4.69) is 31.1 Å². The maximum atomic E-state index is 5.60. The summed E-state index contributed by atoms with van der Waals surface area (Å²) in [4.78, 5) is 4.38. The Balaban J connectivity index is 2.32. The zero-order valence-electron chi connectivity index (χ0n) is 13.6. The molecule has 0 bridgehead atoms. The molecule has 114 valence electrons. The Morgan fingerprint density at radius 1 is 1.05 bits per heavy atom. The number of ether oxygens (including phenoxy) is 2. The first-order valence-electron chi connectivity index (χ1n) is 7.12. The molecular weight excluding hydrogens is 252 g/mol. The molecule has 0 amide bonds. The summed E-state index contributed by atoms with van der Waals surface area (Å²) < 4.78 is 11.2. The summed E-state index contributed by atoms with van der Waals surface area (Å²) in [5.74, 6) is 0.780. The highest BCUT2D eigenvalue weighted by atomic mass is 16.5. The largest absolute Gasteiger partial charge is 0.490 e. The van der Waals surface area contributed by atoms with Crippen molar-refractivity contribution in [1.82, 2.24) is 10.3 Å². The van der Waals surface area contributed by atoms with Crippen molar-refractivity contribution in [2.24, 2.45) is 0 Å². The molecule has 20 heavy (non-hydrogen) atoms. The van der Waals surface area contributed by atoms with E-state index in [1.165, 1.54) is 0 Å². The molecule has 4 heteroatoms. The maximum absolute atomic E-state index is 5.60. The molecule has 1 N–H and O–H groups in total. The number of hydrogen-bond acceptors (Lipinski definition) is 4. The Labute approximate surface area is 122 Å². The lowest BCUT2D eigenvalue weighted by atomic mass is 10.1. The topological polar surface area (TPSA) is 43.4 Å². The third-order valence-electron chi connectivity index (χ3n) is 2.48. The van der Waals surface area contributed by atoms with Crippen LogP contribution < -0.4 is 10.1 Å². The number of hydrogen-bond donors (Lipinski definition) is 1. The predicted octanol–water partition coefficient (Wildman–Crippen LogP) is 3.16. The number of pyridine rings is 1. The van der Waals surface area contributed by atoms with E-state index in [9.17, 15) is 0 Å². The lowest BCUT2D eigenvalue weighted by Crippen LogP contribution is -2.35. The molecule has 0 aliphatic heterocycles. The molecule has 0 radical (unpaired) electrons. The normalized spacial score (nSPS) is 12.5. The molecule has 1 rings (SSSR count). The van der Waals surface area contributed by atoms with Crippen LogP contribution in [0.5, 0.6) is 5.75 Å². The summed E-state index contributed by atoms with van der Waals surface area (Å²) in [5, 5.41) is 3.40. The smallest absolute Gasteiger partial charge is 0.137 e. The molecule has 1 aromatic heterocycles. The van der Waals surface area contributed by atoms with E-state index in [0.717, 1.165) is 18.0 Å². The minimum absolute atomic E-state index is 0.0984. The van der Waals surface area contributed by atoms with Gasteiger partial charge in [-0.3, -0.25) is 4.98 Å². The van der Waals surface area contributed by atoms with Crippen LogP contribution in [0, 0.1) is 0 Å². The standard InChI is InChI=1S/C16H28N2O2/c1-15(2,3)18-11-13-7-8-14(12-17-13)19-9-10-20-16(4,5)6/h7-8,12,18H,9-11H2,1-6H3. The lowest BCUT2D eigenvalue weighted by molar-refractivity contribution is -0.0163. The Bertz CT molecular complexity index is 388. The van der Waals surface area contributed by atoms with Crippen LogP contribution in [0.25, 0.3) is 0 Å². The molecule has 0 spiro atoms. The van der Waals surface area contributed by atoms with Crippen LogP contribution in [0.15, 0.2) is 18.3 Å². The molecule has 4 nitrogen and oxygen atoms in total. The lowest BCUT2D eigenvalue weighted by Gasteiger charge is -2.20. The second-order valence-corrected chi connectivity index (χ2v) is 6.90. The van der Waals surface area contributed by atoms with Crippen LogP contribution in [0.4, 0.5) is 0 Å². The fourth-order valence-corrected chi connectivity index (χ4v) is 1.46. The van der Waals surface area contributed by atoms with Gasteiger partial charge >= 0.3 is 0 Å². The molecule has 0 saturated heterocycles. The molecule has 0 aliphatic carbocycles. The van der Waals surface area contributed by atoms with Crippen LogP contribution in [-0.2, 0) is 11.3 Å². The zero-order valence-corrected chi connectivity index (χ0v) is 13.6. The summed E-state index contributed by atoms with van der Waals surface area (Å²) in [6, 6.07) is 3.93. The zero-order chi connectivity index (χ0) is 15.2. The van der Waals surface area contributed by atoms with E-state index in [1.54, 1.807) is 6.20 Å². The van der Waals surface area contributed by atoms with Crippen molar-refractivity contribution in [1.29, 1.82) is 0 Å². The maximum Gasteiger partial charge on any atom is 0.137 e. The van der Waals surface area contributed by atoms with Gasteiger partial charge in [0.25, 0.3) is 0 Å². The van der Waals surface area contributed by atoms with E-state index in [1.807, 2.05) is 32.9 Å². The second kappa shape index (κ2) is 7.04. The highest BCUT2D eigenvalue weighted by Crippen LogP contribution is 2.11. The Hall–Kier alpha value is -1.13. The first kappa shape index (κ1) is 16.9. The van der Waals surface area contributed by atoms with Crippen molar-refractivity contribution >= 4 is 0 Å². The summed E-state index contributed by atoms with van der Waals surface area (Å²) in [6.45, 7) is 14.4. The molecular formula is C16H28N2O2. The van der Waals surface area contributed by atoms with Crippen molar-refractivity contribution in [3.05, 3.63) is 24.0 Å². The van der Waals surface area contributed by atoms with E-state index >= 15 is 0 Å². The highest BCUT2D eigenvalue weighted by Gasteiger charge is 2.10. The van der Waals surface area contributed by atoms with Crippen molar-refractivity contribution in [2.75, 3.05) is 13.2 Å². The molecule has 0 unspecified atom stereocenters. The third kappa shape index (κ3) is 8.12. The predicted molar refractivity (Wildman–Crippen MR) is 82.0 cm³/mol. The minimum atomic E-state index is -0.121. The van der Waals surface area contributed by atoms with Gasteiger partial charge in [0.1, 0.15) is 12.4 Å². The molecule has 1 aromatic rings. The van der Waals surface area contributed by atoms with Crippen molar-refractivity contribution in [3.63, 3.8) is 0 Å². The fraction of sp³-hybridized carbons (Fsp3) is 0.688. The number of aromatic nitrogens is 1. The summed E-state index contributed by atoms with van der Waals surface area (Å²) in [7, 11) is 0. The quantitative estimate of drug-likeness (QED) is 0.813. The van der Waals surface area contributed by atoms with E-state index < -0.39 is 0 Å². The van der Waals surface area contributed by atoms with Gasteiger partial charge in [-0.15, -0.1) is 0 Å². The van der Waals surface area contributed by atoms with Gasteiger partial charge in [-0.05, 0) is 53.7 Å². The number of rotatable bonds is 6. The van der Waals surface area contributed by atoms with Gasteiger partial charge in [-0.2, -0.15) is 0 Å². The average molecular weight is 280 g/mol. The van der Waals surface area contributed by atoms with E-state index in [4.69, 9.17) is 9.47 Å². The van der Waals surface area contributed by atoms with Gasteiger partial charge in [0.15, 0.2) is 0 Å². The summed E-state index contributed by atoms with van der Waals surface area (Å²) in [6.07, 6.45) is 1.76. The molecule has 0 aliphatic rings. The first-order chi connectivity index (χ1) is 9.16. The van der Waals surface area contributed by atoms with E-state index in [-0.39, 0.29) is 11.1 Å². The van der Waals surface area contributed by atoms with Crippen LogP contribution in [0.1, 0.15) is 47.2 Å². The average Bonchev–Trinajstić information content (AvgIpc) is 2.31. The number of nitrogens with zero attached hydrogens (tertiary/aromatic N) is 1. The highest BCUT2D eigenvalue weighted by molar-refractivity contribution is 5.19. The monoisotopic (exact) mass is 280 g/mol. The van der Waals surface area contributed by atoms with Crippen LogP contribution in [-0.4, -0.2) is 29.3 Å². The first-order valence-corrected chi connectivity index (χ1v) is 7.12. The molecule has 0 atom stereocenters. The van der Waals surface area contributed by atoms with Gasteiger partial charge in [0, 0.05) is 12.1 Å². The van der Waals surface area contributed by atoms with Crippen molar-refractivity contribution < 1.29 is 9.47 Å². The Kier molecular flexibility index (Phi) is 5.96. The van der Waals surface area contributed by atoms with E-state index in [0.29, 0.717) is 13.2 Å². The number of nitrogens with one attached hydrogen (secondary N) is 1. The summed E-state index contributed by atoms with van der Waals surface area (Å²) >= 11 is 0. The molecule has 0 saturated carbocycles.